The summed E-state index contributed by atoms with van der Waals surface area (Å²) in [5.74, 6) is 2.03. The van der Waals surface area contributed by atoms with E-state index in [1.165, 1.54) is 18.6 Å². The van der Waals surface area contributed by atoms with Crippen molar-refractivity contribution in [1.29, 1.82) is 0 Å². The van der Waals surface area contributed by atoms with E-state index in [0.29, 0.717) is 33.8 Å². The highest BCUT2D eigenvalue weighted by atomic mass is 35.5. The molecular weight excluding hydrogens is 399 g/mol. The standard InChI is InChI=1S/C17H19Cl3N4O2/c18-11-8-13(20)14(9-12(11)19)26-10-17(25)21-6-5-16-23-22-15-4-2-1-3-7-24(15)16/h8-9H,1-7,10H2,(H,21,25). The molecule has 9 heteroatoms. The Kier molecular flexibility index (Phi) is 6.62. The van der Waals surface area contributed by atoms with Gasteiger partial charge in [0.2, 0.25) is 0 Å². The molecule has 0 unspecified atom stereocenters. The number of halogens is 3. The van der Waals surface area contributed by atoms with Crippen molar-refractivity contribution >= 4 is 40.7 Å². The summed E-state index contributed by atoms with van der Waals surface area (Å²) in [6.45, 7) is 1.26. The Morgan fingerprint density at radius 1 is 1.12 bits per heavy atom. The first-order chi connectivity index (χ1) is 12.5. The van der Waals surface area contributed by atoms with Crippen LogP contribution in [-0.2, 0) is 24.2 Å². The fourth-order valence-corrected chi connectivity index (χ4v) is 3.44. The highest BCUT2D eigenvalue weighted by Crippen LogP contribution is 2.33. The summed E-state index contributed by atoms with van der Waals surface area (Å²) < 4.78 is 7.58. The molecular formula is C17H19Cl3N4O2. The highest BCUT2D eigenvalue weighted by Gasteiger charge is 2.15. The average Bonchev–Trinajstić information content (AvgIpc) is 2.84. The van der Waals surface area contributed by atoms with Crippen molar-refractivity contribution in [2.75, 3.05) is 13.2 Å². The van der Waals surface area contributed by atoms with Gasteiger partial charge in [0.25, 0.3) is 5.91 Å². The predicted octanol–water partition coefficient (Wildman–Crippen LogP) is 3.70. The summed E-state index contributed by atoms with van der Waals surface area (Å²) in [6.07, 6.45) is 5.12. The lowest BCUT2D eigenvalue weighted by Crippen LogP contribution is -2.31. The molecule has 3 rings (SSSR count). The number of amides is 1. The molecule has 0 radical (unpaired) electrons. The Labute approximate surface area is 166 Å². The molecule has 1 aliphatic heterocycles. The average molecular weight is 418 g/mol. The van der Waals surface area contributed by atoms with E-state index < -0.39 is 0 Å². The van der Waals surface area contributed by atoms with E-state index in [9.17, 15) is 4.79 Å². The molecule has 0 saturated heterocycles. The first-order valence-corrected chi connectivity index (χ1v) is 9.63. The summed E-state index contributed by atoms with van der Waals surface area (Å²) in [5, 5.41) is 12.3. The Morgan fingerprint density at radius 2 is 1.92 bits per heavy atom. The van der Waals surface area contributed by atoms with E-state index in [1.54, 1.807) is 0 Å². The molecule has 0 spiro atoms. The van der Waals surface area contributed by atoms with Crippen LogP contribution in [0.5, 0.6) is 5.75 Å². The molecule has 0 fully saturated rings. The first-order valence-electron chi connectivity index (χ1n) is 8.49. The third-order valence-corrected chi connectivity index (χ3v) is 5.21. The number of hydrogen-bond acceptors (Lipinski definition) is 4. The van der Waals surface area contributed by atoms with Crippen LogP contribution in [-0.4, -0.2) is 33.8 Å². The van der Waals surface area contributed by atoms with Crippen molar-refractivity contribution in [2.24, 2.45) is 0 Å². The van der Waals surface area contributed by atoms with Crippen LogP contribution in [0.15, 0.2) is 12.1 Å². The van der Waals surface area contributed by atoms with Gasteiger partial charge in [-0.05, 0) is 18.9 Å². The van der Waals surface area contributed by atoms with Gasteiger partial charge in [0.1, 0.15) is 17.4 Å². The maximum Gasteiger partial charge on any atom is 0.257 e. The van der Waals surface area contributed by atoms with Crippen molar-refractivity contribution < 1.29 is 9.53 Å². The van der Waals surface area contributed by atoms with Gasteiger partial charge in [0, 0.05) is 32.0 Å². The number of hydrogen-bond donors (Lipinski definition) is 1. The zero-order valence-electron chi connectivity index (χ0n) is 14.1. The minimum absolute atomic E-state index is 0.157. The molecule has 6 nitrogen and oxygen atoms in total. The molecule has 1 aromatic carbocycles. The monoisotopic (exact) mass is 416 g/mol. The summed E-state index contributed by atoms with van der Waals surface area (Å²) >= 11 is 17.8. The van der Waals surface area contributed by atoms with Crippen molar-refractivity contribution in [3.63, 3.8) is 0 Å². The van der Waals surface area contributed by atoms with Crippen LogP contribution >= 0.6 is 34.8 Å². The number of carbonyl (C=O) groups is 1. The summed E-state index contributed by atoms with van der Waals surface area (Å²) in [7, 11) is 0. The Bertz CT molecular complexity index is 795. The summed E-state index contributed by atoms with van der Waals surface area (Å²) in [4.78, 5) is 12.0. The van der Waals surface area contributed by atoms with Gasteiger partial charge >= 0.3 is 0 Å². The minimum Gasteiger partial charge on any atom is -0.482 e. The molecule has 2 aromatic rings. The maximum absolute atomic E-state index is 12.0. The van der Waals surface area contributed by atoms with E-state index in [1.807, 2.05) is 0 Å². The van der Waals surface area contributed by atoms with Crippen molar-refractivity contribution in [3.05, 3.63) is 38.8 Å². The normalized spacial score (nSPS) is 13.8. The quantitative estimate of drug-likeness (QED) is 0.728. The van der Waals surface area contributed by atoms with Gasteiger partial charge in [-0.1, -0.05) is 41.2 Å². The molecule has 1 aromatic heterocycles. The molecule has 1 amide bonds. The lowest BCUT2D eigenvalue weighted by atomic mass is 10.2. The Hall–Kier alpha value is -1.50. The third kappa shape index (κ3) is 4.81. The van der Waals surface area contributed by atoms with Crippen molar-refractivity contribution in [3.8, 4) is 5.75 Å². The zero-order valence-corrected chi connectivity index (χ0v) is 16.4. The van der Waals surface area contributed by atoms with Gasteiger partial charge in [0.15, 0.2) is 6.61 Å². The van der Waals surface area contributed by atoms with Gasteiger partial charge in [-0.2, -0.15) is 0 Å². The van der Waals surface area contributed by atoms with Crippen LogP contribution in [0.2, 0.25) is 15.1 Å². The molecule has 0 saturated carbocycles. The van der Waals surface area contributed by atoms with E-state index in [2.05, 4.69) is 20.1 Å². The summed E-state index contributed by atoms with van der Waals surface area (Å²) in [6, 6.07) is 2.97. The van der Waals surface area contributed by atoms with Crippen molar-refractivity contribution in [1.82, 2.24) is 20.1 Å². The number of rotatable bonds is 6. The van der Waals surface area contributed by atoms with Gasteiger partial charge in [-0.3, -0.25) is 4.79 Å². The highest BCUT2D eigenvalue weighted by molar-refractivity contribution is 6.43. The second-order valence-electron chi connectivity index (χ2n) is 6.08. The predicted molar refractivity (Wildman–Crippen MR) is 101 cm³/mol. The summed E-state index contributed by atoms with van der Waals surface area (Å²) in [5.41, 5.74) is 0. The fourth-order valence-electron chi connectivity index (χ4n) is 2.85. The van der Waals surface area contributed by atoms with E-state index >= 15 is 0 Å². The molecule has 0 bridgehead atoms. The lowest BCUT2D eigenvalue weighted by molar-refractivity contribution is -0.123. The van der Waals surface area contributed by atoms with Crippen LogP contribution in [0.25, 0.3) is 0 Å². The zero-order chi connectivity index (χ0) is 18.5. The van der Waals surface area contributed by atoms with E-state index in [-0.39, 0.29) is 12.5 Å². The number of carbonyl (C=O) groups excluding carboxylic acids is 1. The van der Waals surface area contributed by atoms with Gasteiger partial charge < -0.3 is 14.6 Å². The number of aromatic nitrogens is 3. The van der Waals surface area contributed by atoms with Crippen LogP contribution in [0.4, 0.5) is 0 Å². The minimum atomic E-state index is -0.247. The van der Waals surface area contributed by atoms with Crippen LogP contribution in [0.1, 0.15) is 30.9 Å². The van der Waals surface area contributed by atoms with Gasteiger partial charge in [0.05, 0.1) is 15.1 Å². The topological polar surface area (TPSA) is 69.0 Å². The number of aryl methyl sites for hydroxylation is 1. The molecule has 2 heterocycles. The Morgan fingerprint density at radius 3 is 2.77 bits per heavy atom. The third-order valence-electron chi connectivity index (χ3n) is 4.19. The second kappa shape index (κ2) is 8.93. The van der Waals surface area contributed by atoms with E-state index in [0.717, 1.165) is 37.5 Å². The van der Waals surface area contributed by atoms with Gasteiger partial charge in [-0.15, -0.1) is 10.2 Å². The number of ether oxygens (including phenoxy) is 1. The molecule has 26 heavy (non-hydrogen) atoms. The second-order valence-corrected chi connectivity index (χ2v) is 7.30. The molecule has 140 valence electrons. The SMILES string of the molecule is O=C(COc1cc(Cl)c(Cl)cc1Cl)NCCc1nnc2n1CCCCC2. The van der Waals surface area contributed by atoms with Gasteiger partial charge in [-0.25, -0.2) is 0 Å². The van der Waals surface area contributed by atoms with E-state index in [4.69, 9.17) is 39.5 Å². The lowest BCUT2D eigenvalue weighted by Gasteiger charge is -2.10. The van der Waals surface area contributed by atoms with Crippen LogP contribution < -0.4 is 10.1 Å². The fraction of sp³-hybridized carbons (Fsp3) is 0.471. The largest absolute Gasteiger partial charge is 0.482 e. The van der Waals surface area contributed by atoms with Crippen LogP contribution in [0.3, 0.4) is 0 Å². The Balaban J connectivity index is 1.46. The molecule has 0 atom stereocenters. The molecule has 1 aliphatic rings. The number of nitrogens with one attached hydrogen (secondary N) is 1. The molecule has 1 N–H and O–H groups in total. The number of nitrogens with zero attached hydrogens (tertiary/aromatic N) is 3. The molecule has 0 aliphatic carbocycles. The van der Waals surface area contributed by atoms with Crippen molar-refractivity contribution in [2.45, 2.75) is 38.6 Å². The first kappa shape index (κ1) is 19.3. The smallest absolute Gasteiger partial charge is 0.257 e. The number of fused-ring (bicyclic) bond motifs is 1. The maximum atomic E-state index is 12.0. The number of benzene rings is 1. The van der Waals surface area contributed by atoms with Crippen LogP contribution in [0, 0.1) is 0 Å².